The molecule has 1 aromatic heterocycles. The Labute approximate surface area is 212 Å². The average molecular weight is 562 g/mol. The summed E-state index contributed by atoms with van der Waals surface area (Å²) in [7, 11) is -2.69. The third-order valence-electron chi connectivity index (χ3n) is 5.31. The fourth-order valence-corrected chi connectivity index (χ4v) is 5.93. The maximum absolute atomic E-state index is 13.5. The molecule has 9 nitrogen and oxygen atoms in total. The first-order valence-electron chi connectivity index (χ1n) is 10.6. The number of nitrogens with zero attached hydrogens (tertiary/aromatic N) is 2. The predicted octanol–water partition coefficient (Wildman–Crippen LogP) is 5.49. The van der Waals surface area contributed by atoms with Crippen LogP contribution >= 0.6 is 11.3 Å². The smallest absolute Gasteiger partial charge is 0.419 e. The van der Waals surface area contributed by atoms with Gasteiger partial charge in [-0.15, -0.1) is 0 Å². The first kappa shape index (κ1) is 26.6. The van der Waals surface area contributed by atoms with Crippen molar-refractivity contribution in [3.8, 4) is 16.6 Å². The van der Waals surface area contributed by atoms with E-state index in [0.29, 0.717) is 36.9 Å². The zero-order chi connectivity index (χ0) is 27.0. The number of ether oxygens (including phenoxy) is 2. The second-order valence-electron chi connectivity index (χ2n) is 8.16. The Morgan fingerprint density at radius 1 is 1.19 bits per heavy atom. The van der Waals surface area contributed by atoms with Gasteiger partial charge in [0, 0.05) is 25.2 Å². The molecule has 1 aliphatic rings. The van der Waals surface area contributed by atoms with E-state index < -0.39 is 59.3 Å². The highest BCUT2D eigenvalue weighted by molar-refractivity contribution is 7.94. The lowest BCUT2D eigenvalue weighted by Gasteiger charge is -2.19. The lowest BCUT2D eigenvalue weighted by molar-refractivity contribution is -0.385. The van der Waals surface area contributed by atoms with Gasteiger partial charge in [0.15, 0.2) is 4.21 Å². The van der Waals surface area contributed by atoms with Crippen LogP contribution in [0.5, 0.6) is 16.6 Å². The Morgan fingerprint density at radius 3 is 2.57 bits per heavy atom. The molecule has 1 aliphatic heterocycles. The molecule has 198 valence electrons. The Morgan fingerprint density at radius 2 is 1.95 bits per heavy atom. The summed E-state index contributed by atoms with van der Waals surface area (Å²) in [6.45, 7) is 1.04. The van der Waals surface area contributed by atoms with Gasteiger partial charge in [-0.05, 0) is 37.7 Å². The maximum Gasteiger partial charge on any atom is 0.419 e. The number of likely N-dealkylation sites (tertiary alicyclic amines) is 1. The van der Waals surface area contributed by atoms with Crippen LogP contribution in [0.25, 0.3) is 0 Å². The Bertz CT molecular complexity index is 1430. The molecular formula is C22H19F4N3O6S2. The van der Waals surface area contributed by atoms with E-state index in [9.17, 15) is 36.1 Å². The summed E-state index contributed by atoms with van der Waals surface area (Å²) in [5, 5.41) is 11.0. The highest BCUT2D eigenvalue weighted by atomic mass is 32.2. The molecule has 2 aromatic carbocycles. The van der Waals surface area contributed by atoms with Gasteiger partial charge in [0.1, 0.15) is 23.4 Å². The number of thiophene rings is 1. The molecule has 1 atom stereocenters. The van der Waals surface area contributed by atoms with Crippen LogP contribution in [0.4, 0.5) is 28.9 Å². The van der Waals surface area contributed by atoms with Crippen LogP contribution in [0.2, 0.25) is 0 Å². The number of likely N-dealkylation sites (N-methyl/N-ethyl adjacent to an activating group) is 1. The number of sulfonamides is 1. The van der Waals surface area contributed by atoms with Crippen molar-refractivity contribution in [1.29, 1.82) is 0 Å². The number of alkyl halides is 3. The zero-order valence-electron chi connectivity index (χ0n) is 19.0. The van der Waals surface area contributed by atoms with Crippen molar-refractivity contribution in [3.63, 3.8) is 0 Å². The average Bonchev–Trinajstić information content (AvgIpc) is 3.39. The van der Waals surface area contributed by atoms with Crippen LogP contribution in [0, 0.1) is 15.9 Å². The van der Waals surface area contributed by atoms with E-state index in [0.717, 1.165) is 30.3 Å². The highest BCUT2D eigenvalue weighted by Crippen LogP contribution is 2.43. The molecule has 15 heteroatoms. The zero-order valence-corrected chi connectivity index (χ0v) is 20.6. The molecule has 0 amide bonds. The molecule has 0 aliphatic carbocycles. The van der Waals surface area contributed by atoms with Crippen molar-refractivity contribution in [3.05, 3.63) is 70.0 Å². The number of nitro groups is 1. The lowest BCUT2D eigenvalue weighted by Crippen LogP contribution is -2.23. The summed E-state index contributed by atoms with van der Waals surface area (Å²) in [6, 6.07) is 8.00. The molecule has 2 heterocycles. The van der Waals surface area contributed by atoms with E-state index in [-0.39, 0.29) is 11.4 Å². The summed E-state index contributed by atoms with van der Waals surface area (Å²) < 4.78 is 92.5. The fourth-order valence-electron chi connectivity index (χ4n) is 3.61. The van der Waals surface area contributed by atoms with Crippen LogP contribution < -0.4 is 14.2 Å². The van der Waals surface area contributed by atoms with Crippen molar-refractivity contribution in [2.45, 2.75) is 22.9 Å². The Hall–Kier alpha value is -3.43. The molecule has 0 bridgehead atoms. The first-order valence-corrected chi connectivity index (χ1v) is 12.9. The number of hydrogen-bond donors (Lipinski definition) is 1. The summed E-state index contributed by atoms with van der Waals surface area (Å²) in [5.74, 6) is -1.31. The monoisotopic (exact) mass is 561 g/mol. The van der Waals surface area contributed by atoms with Gasteiger partial charge in [-0.1, -0.05) is 17.4 Å². The Kier molecular flexibility index (Phi) is 7.30. The number of benzene rings is 2. The highest BCUT2D eigenvalue weighted by Gasteiger charge is 2.36. The van der Waals surface area contributed by atoms with E-state index in [4.69, 9.17) is 9.47 Å². The van der Waals surface area contributed by atoms with Crippen LogP contribution in [-0.2, 0) is 16.2 Å². The molecule has 0 spiro atoms. The van der Waals surface area contributed by atoms with E-state index in [1.807, 2.05) is 4.90 Å². The van der Waals surface area contributed by atoms with Crippen molar-refractivity contribution >= 4 is 32.7 Å². The van der Waals surface area contributed by atoms with Gasteiger partial charge in [0.25, 0.3) is 15.1 Å². The third-order valence-corrected chi connectivity index (χ3v) is 8.16. The fraction of sp³-hybridized carbons (Fsp3) is 0.273. The quantitative estimate of drug-likeness (QED) is 0.220. The maximum atomic E-state index is 13.5. The van der Waals surface area contributed by atoms with Gasteiger partial charge >= 0.3 is 11.9 Å². The van der Waals surface area contributed by atoms with E-state index in [1.165, 1.54) is 12.1 Å². The molecular weight excluding hydrogens is 542 g/mol. The molecule has 0 radical (unpaired) electrons. The lowest BCUT2D eigenvalue weighted by atomic mass is 10.1. The van der Waals surface area contributed by atoms with Gasteiger partial charge in [-0.3, -0.25) is 14.8 Å². The van der Waals surface area contributed by atoms with Crippen molar-refractivity contribution in [2.24, 2.45) is 0 Å². The summed E-state index contributed by atoms with van der Waals surface area (Å²) in [4.78, 5) is 12.5. The second kappa shape index (κ2) is 10.1. The molecule has 1 fully saturated rings. The normalized spacial score (nSPS) is 16.5. The molecule has 0 unspecified atom stereocenters. The Balaban J connectivity index is 1.63. The number of nitrogens with one attached hydrogen (secondary N) is 1. The van der Waals surface area contributed by atoms with Gasteiger partial charge in [-0.2, -0.15) is 13.2 Å². The second-order valence-corrected chi connectivity index (χ2v) is 11.1. The van der Waals surface area contributed by atoms with Crippen molar-refractivity contribution in [2.75, 3.05) is 24.9 Å². The number of halogens is 4. The standard InChI is InChI=1S/C22H19F4N3O6S2/c1-28-8-7-16(12-28)34-19-10-14(5-6-17(19)22(24,25)26)27-37(32,33)20-11-18(29(30)31)21(36-20)35-15-4-2-3-13(23)9-15/h2-6,9-11,16,27H,7-8,12H2,1H3/t16-/m1/s1. The predicted molar refractivity (Wildman–Crippen MR) is 126 cm³/mol. The van der Waals surface area contributed by atoms with Gasteiger partial charge in [-0.25, -0.2) is 12.8 Å². The largest absolute Gasteiger partial charge is 0.488 e. The van der Waals surface area contributed by atoms with Crippen molar-refractivity contribution in [1.82, 2.24) is 4.90 Å². The van der Waals surface area contributed by atoms with Crippen molar-refractivity contribution < 1.29 is 40.4 Å². The van der Waals surface area contributed by atoms with Crippen LogP contribution in [0.1, 0.15) is 12.0 Å². The van der Waals surface area contributed by atoms with Crippen LogP contribution in [-0.4, -0.2) is 44.5 Å². The summed E-state index contributed by atoms with van der Waals surface area (Å²) in [5.41, 5.74) is -1.99. The third kappa shape index (κ3) is 6.29. The minimum absolute atomic E-state index is 0.0936. The number of rotatable bonds is 8. The summed E-state index contributed by atoms with van der Waals surface area (Å²) >= 11 is 0.399. The van der Waals surface area contributed by atoms with E-state index >= 15 is 0 Å². The topological polar surface area (TPSA) is 111 Å². The van der Waals surface area contributed by atoms with E-state index in [1.54, 1.807) is 7.05 Å². The molecule has 4 rings (SSSR count). The van der Waals surface area contributed by atoms with Crippen LogP contribution in [0.3, 0.4) is 0 Å². The molecule has 1 N–H and O–H groups in total. The first-order chi connectivity index (χ1) is 17.3. The summed E-state index contributed by atoms with van der Waals surface area (Å²) in [6.07, 6.45) is -4.76. The molecule has 37 heavy (non-hydrogen) atoms. The van der Waals surface area contributed by atoms with Gasteiger partial charge in [0.05, 0.1) is 22.2 Å². The molecule has 0 saturated carbocycles. The number of hydrogen-bond acceptors (Lipinski definition) is 8. The van der Waals surface area contributed by atoms with Crippen LogP contribution in [0.15, 0.2) is 52.7 Å². The van der Waals surface area contributed by atoms with Gasteiger partial charge in [0.2, 0.25) is 0 Å². The molecule has 3 aromatic rings. The number of anilines is 1. The minimum atomic E-state index is -4.74. The minimum Gasteiger partial charge on any atom is -0.488 e. The SMILES string of the molecule is CN1CC[C@@H](Oc2cc(NS(=O)(=O)c3cc([N+](=O)[O-])c(Oc4cccc(F)c4)s3)ccc2C(F)(F)F)C1. The van der Waals surface area contributed by atoms with E-state index in [2.05, 4.69) is 4.72 Å². The molecule has 1 saturated heterocycles. The van der Waals surface area contributed by atoms with Gasteiger partial charge < -0.3 is 14.4 Å².